The fraction of sp³-hybridized carbons (Fsp3) is 0.0417. The lowest BCUT2D eigenvalue weighted by Gasteiger charge is -2.19. The number of aryl methyl sites for hydroxylation is 3. The van der Waals surface area contributed by atoms with Crippen LogP contribution in [0.25, 0.3) is 123 Å². The van der Waals surface area contributed by atoms with Crippen molar-refractivity contribution in [2.45, 2.75) is 20.6 Å². The summed E-state index contributed by atoms with van der Waals surface area (Å²) in [6, 6.07) is 82.6. The molecule has 12 aromatic rings. The summed E-state index contributed by atoms with van der Waals surface area (Å²) in [5, 5.41) is 0. The smallest absolute Gasteiger partial charge is 0.0704 e. The van der Waals surface area contributed by atoms with E-state index in [1.807, 2.05) is 60.7 Å². The molecule has 0 N–H and O–H groups in total. The largest absolute Gasteiger partial charge is 0.256 e. The van der Waals surface area contributed by atoms with Crippen molar-refractivity contribution in [2.75, 3.05) is 0 Å². The van der Waals surface area contributed by atoms with Crippen LogP contribution < -0.4 is 0 Å². The molecule has 0 aliphatic heterocycles. The van der Waals surface area contributed by atoms with E-state index in [1.54, 1.807) is 30.5 Å². The van der Waals surface area contributed by atoms with Gasteiger partial charge in [0.05, 0.1) is 17.1 Å². The number of pyridine rings is 3. The molecule has 0 bridgehead atoms. The Kier molecular flexibility index (Phi) is 10.2. The molecule has 12 rings (SSSR count). The van der Waals surface area contributed by atoms with E-state index in [2.05, 4.69) is 167 Å². The quantitative estimate of drug-likeness (QED) is 0.130. The first-order valence-electron chi connectivity index (χ1n) is 29.4. The van der Waals surface area contributed by atoms with Crippen molar-refractivity contribution in [2.24, 2.45) is 0 Å². The van der Waals surface area contributed by atoms with E-state index >= 15 is 0 Å². The maximum atomic E-state index is 8.19. The van der Waals surface area contributed by atoms with E-state index in [1.165, 1.54) is 24.5 Å². The molecular formula is C72H53N3. The van der Waals surface area contributed by atoms with Gasteiger partial charge in [-0.1, -0.05) is 188 Å². The van der Waals surface area contributed by atoms with Gasteiger partial charge in [-0.05, 0) is 187 Å². The SMILES string of the molecule is [2H]C([2H])([2H])c1ccnc(-c2ccc(-c3ccccc3-c3cc(-c4ccccc4-c4ccc(-c5cc(C([2H])([2H])[2H])ccn5)cc4)cc(-c4ccccc4-c4ccc(-c5cc(C([2H])([2H])[2H])ccn5)cc4-c4ccc(-c5ccccc5)cc4)c3)cc2)c1. The van der Waals surface area contributed by atoms with Gasteiger partial charge < -0.3 is 0 Å². The van der Waals surface area contributed by atoms with Crippen LogP contribution in [0.5, 0.6) is 0 Å². The summed E-state index contributed by atoms with van der Waals surface area (Å²) < 4.78 is 72.6. The van der Waals surface area contributed by atoms with Gasteiger partial charge in [-0.3, -0.25) is 15.0 Å². The Hall–Kier alpha value is -9.57. The lowest BCUT2D eigenvalue weighted by molar-refractivity contribution is 1.29. The van der Waals surface area contributed by atoms with Crippen LogP contribution in [0.15, 0.2) is 267 Å². The second-order valence-corrected chi connectivity index (χ2v) is 18.6. The third-order valence-corrected chi connectivity index (χ3v) is 13.8. The molecule has 3 heterocycles. The highest BCUT2D eigenvalue weighted by atomic mass is 14.7. The fourth-order valence-corrected chi connectivity index (χ4v) is 10.1. The van der Waals surface area contributed by atoms with Gasteiger partial charge in [-0.2, -0.15) is 0 Å². The van der Waals surface area contributed by atoms with Crippen LogP contribution in [0, 0.1) is 20.6 Å². The summed E-state index contributed by atoms with van der Waals surface area (Å²) >= 11 is 0. The summed E-state index contributed by atoms with van der Waals surface area (Å²) in [6.45, 7) is -6.83. The number of nitrogens with zero attached hydrogens (tertiary/aromatic N) is 3. The summed E-state index contributed by atoms with van der Waals surface area (Å²) in [4.78, 5) is 13.7. The first-order chi connectivity index (χ1) is 40.5. The minimum absolute atomic E-state index is 0.218. The summed E-state index contributed by atoms with van der Waals surface area (Å²) in [5.41, 5.74) is 20.7. The van der Waals surface area contributed by atoms with E-state index in [0.29, 0.717) is 17.1 Å². The summed E-state index contributed by atoms with van der Waals surface area (Å²) in [7, 11) is 0. The number of aromatic nitrogens is 3. The van der Waals surface area contributed by atoms with Gasteiger partial charge in [0.2, 0.25) is 0 Å². The lowest BCUT2D eigenvalue weighted by atomic mass is 9.84. The van der Waals surface area contributed by atoms with Crippen molar-refractivity contribution in [3.8, 4) is 123 Å². The monoisotopic (exact) mass is 968 g/mol. The van der Waals surface area contributed by atoms with Gasteiger partial charge >= 0.3 is 0 Å². The average molecular weight is 969 g/mol. The van der Waals surface area contributed by atoms with Crippen LogP contribution in [0.1, 0.15) is 29.0 Å². The lowest BCUT2D eigenvalue weighted by Crippen LogP contribution is -1.94. The molecule has 0 unspecified atom stereocenters. The minimum Gasteiger partial charge on any atom is -0.256 e. The molecule has 9 aromatic carbocycles. The summed E-state index contributed by atoms with van der Waals surface area (Å²) in [6.07, 6.45) is 4.64. The molecule has 356 valence electrons. The minimum atomic E-state index is -2.31. The second kappa shape index (κ2) is 20.5. The molecule has 0 aliphatic carbocycles. The van der Waals surface area contributed by atoms with Gasteiger partial charge in [0.1, 0.15) is 0 Å². The van der Waals surface area contributed by atoms with Crippen LogP contribution in [-0.2, 0) is 0 Å². The Bertz CT molecular complexity index is 4200. The fourth-order valence-electron chi connectivity index (χ4n) is 10.1. The Labute approximate surface area is 452 Å². The average Bonchev–Trinajstić information content (AvgIpc) is 2.06. The number of benzene rings is 9. The Morgan fingerprint density at radius 1 is 0.213 bits per heavy atom. The topological polar surface area (TPSA) is 38.7 Å². The molecule has 0 saturated carbocycles. The molecule has 3 aromatic heterocycles. The van der Waals surface area contributed by atoms with Gasteiger partial charge in [0.15, 0.2) is 0 Å². The van der Waals surface area contributed by atoms with Gasteiger partial charge in [0, 0.05) is 47.6 Å². The molecule has 0 amide bonds. The predicted molar refractivity (Wildman–Crippen MR) is 314 cm³/mol. The highest BCUT2D eigenvalue weighted by Gasteiger charge is 2.19. The van der Waals surface area contributed by atoms with Crippen LogP contribution >= 0.6 is 0 Å². The van der Waals surface area contributed by atoms with E-state index in [4.69, 9.17) is 12.3 Å². The first kappa shape index (κ1) is 37.2. The predicted octanol–water partition coefficient (Wildman–Crippen LogP) is 19.1. The van der Waals surface area contributed by atoms with Crippen LogP contribution in [0.4, 0.5) is 0 Å². The molecule has 3 heteroatoms. The molecule has 0 spiro atoms. The molecule has 75 heavy (non-hydrogen) atoms. The van der Waals surface area contributed by atoms with Crippen LogP contribution in [-0.4, -0.2) is 15.0 Å². The Balaban J connectivity index is 1.02. The van der Waals surface area contributed by atoms with Crippen molar-refractivity contribution < 1.29 is 12.3 Å². The molecular weight excluding hydrogens is 907 g/mol. The van der Waals surface area contributed by atoms with Crippen LogP contribution in [0.3, 0.4) is 0 Å². The molecule has 3 nitrogen and oxygen atoms in total. The van der Waals surface area contributed by atoms with E-state index < -0.39 is 20.6 Å². The van der Waals surface area contributed by atoms with Crippen molar-refractivity contribution in [3.63, 3.8) is 0 Å². The standard InChI is InChI=1S/C72H53N3/c1-48-35-38-73-70(41-48)56-29-25-53(26-30-56)62-15-7-9-17-64(62)59-44-60(65-18-10-8-16-63(65)54-27-31-57(32-28-54)71-42-49(2)36-39-74-71)46-61(45-59)66-19-11-12-20-67(66)68-34-33-58(72-43-50(3)37-40-75-72)47-69(68)55-23-21-52(22-24-55)51-13-5-4-6-14-51/h4-47H,1-3H3/i1D3,2D3,3D3. The highest BCUT2D eigenvalue weighted by molar-refractivity contribution is 5.97. The third kappa shape index (κ3) is 9.76. The van der Waals surface area contributed by atoms with Crippen LogP contribution in [0.2, 0.25) is 0 Å². The van der Waals surface area contributed by atoms with Crippen molar-refractivity contribution in [3.05, 3.63) is 284 Å². The maximum Gasteiger partial charge on any atom is 0.0704 e. The normalized spacial score (nSPS) is 13.4. The van der Waals surface area contributed by atoms with Crippen molar-refractivity contribution in [1.29, 1.82) is 0 Å². The summed E-state index contributed by atoms with van der Waals surface area (Å²) in [5.74, 6) is 0. The van der Waals surface area contributed by atoms with Gasteiger partial charge in [0.25, 0.3) is 0 Å². The Morgan fingerprint density at radius 3 is 0.960 bits per heavy atom. The number of rotatable bonds is 11. The molecule has 0 atom stereocenters. The maximum absolute atomic E-state index is 8.19. The molecule has 0 fully saturated rings. The van der Waals surface area contributed by atoms with Crippen molar-refractivity contribution >= 4 is 0 Å². The van der Waals surface area contributed by atoms with E-state index in [0.717, 1.165) is 106 Å². The van der Waals surface area contributed by atoms with Gasteiger partial charge in [-0.15, -0.1) is 0 Å². The molecule has 0 saturated heterocycles. The molecule has 0 radical (unpaired) electrons. The first-order valence-corrected chi connectivity index (χ1v) is 24.9. The number of hydrogen-bond donors (Lipinski definition) is 0. The Morgan fingerprint density at radius 2 is 0.520 bits per heavy atom. The van der Waals surface area contributed by atoms with E-state index in [-0.39, 0.29) is 16.7 Å². The zero-order valence-corrected chi connectivity index (χ0v) is 40.7. The van der Waals surface area contributed by atoms with Crippen molar-refractivity contribution in [1.82, 2.24) is 15.0 Å². The second-order valence-electron chi connectivity index (χ2n) is 18.6. The number of hydrogen-bond acceptors (Lipinski definition) is 3. The zero-order valence-electron chi connectivity index (χ0n) is 49.7. The highest BCUT2D eigenvalue weighted by Crippen LogP contribution is 2.45. The van der Waals surface area contributed by atoms with Gasteiger partial charge in [-0.25, -0.2) is 0 Å². The van der Waals surface area contributed by atoms with E-state index in [9.17, 15) is 0 Å². The zero-order chi connectivity index (χ0) is 58.2. The molecule has 0 aliphatic rings. The third-order valence-electron chi connectivity index (χ3n) is 13.8.